The molecule has 228 valence electrons. The summed E-state index contributed by atoms with van der Waals surface area (Å²) in [6.07, 6.45) is -1.16. The summed E-state index contributed by atoms with van der Waals surface area (Å²) in [5.41, 5.74) is 5.75. The number of likely N-dealkylation sites (tertiary alicyclic amines) is 1. The lowest BCUT2D eigenvalue weighted by atomic mass is 9.79. The van der Waals surface area contributed by atoms with Crippen LogP contribution in [0.5, 0.6) is 0 Å². The molecule has 0 saturated carbocycles. The van der Waals surface area contributed by atoms with Gasteiger partial charge in [0.1, 0.15) is 18.0 Å². The summed E-state index contributed by atoms with van der Waals surface area (Å²) in [5, 5.41) is -1.01. The van der Waals surface area contributed by atoms with Gasteiger partial charge in [-0.2, -0.15) is 0 Å². The molecule has 0 bridgehead atoms. The van der Waals surface area contributed by atoms with Gasteiger partial charge in [0, 0.05) is 14.2 Å². The Morgan fingerprint density at radius 2 is 1.74 bits per heavy atom. The minimum absolute atomic E-state index is 0.157. The highest BCUT2D eigenvalue weighted by Gasteiger charge is 2.69. The van der Waals surface area contributed by atoms with Gasteiger partial charge in [-0.3, -0.25) is 14.4 Å². The van der Waals surface area contributed by atoms with Gasteiger partial charge in [-0.05, 0) is 41.0 Å². The van der Waals surface area contributed by atoms with E-state index in [4.69, 9.17) is 24.7 Å². The van der Waals surface area contributed by atoms with Crippen molar-refractivity contribution in [3.05, 3.63) is 72.3 Å². The molecular formula is C28H30N4O8S3. The third kappa shape index (κ3) is 6.56. The van der Waals surface area contributed by atoms with Gasteiger partial charge in [0.15, 0.2) is 23.5 Å². The molecule has 2 N–H and O–H groups in total. The van der Waals surface area contributed by atoms with Crippen LogP contribution in [-0.4, -0.2) is 83.9 Å². The zero-order chi connectivity index (χ0) is 31.1. The zero-order valence-corrected chi connectivity index (χ0v) is 26.0. The summed E-state index contributed by atoms with van der Waals surface area (Å²) in [4.78, 5) is 60.8. The topological polar surface area (TPSA) is 151 Å². The molecule has 1 saturated heterocycles. The van der Waals surface area contributed by atoms with Gasteiger partial charge in [-0.25, -0.2) is 14.7 Å². The molecular weight excluding hydrogens is 617 g/mol. The maximum Gasteiger partial charge on any atom is 0.420 e. The molecule has 2 aromatic carbocycles. The molecule has 0 radical (unpaired) electrons. The number of imide groups is 1. The Balaban J connectivity index is 1.76. The number of carbonyl (C=O) groups excluding carboxylic acids is 4. The van der Waals surface area contributed by atoms with Crippen LogP contribution in [0.15, 0.2) is 71.1 Å². The van der Waals surface area contributed by atoms with E-state index in [1.54, 1.807) is 30.3 Å². The number of β-lactam (4-membered cyclic amide) rings is 1. The summed E-state index contributed by atoms with van der Waals surface area (Å²) in [6.45, 7) is 4.25. The van der Waals surface area contributed by atoms with E-state index in [1.165, 1.54) is 48.2 Å². The lowest BCUT2D eigenvalue weighted by molar-refractivity contribution is -0.175. The van der Waals surface area contributed by atoms with Crippen LogP contribution in [0.4, 0.5) is 4.79 Å². The van der Waals surface area contributed by atoms with E-state index in [9.17, 15) is 19.2 Å². The molecule has 43 heavy (non-hydrogen) atoms. The number of amides is 3. The molecule has 3 amide bonds. The van der Waals surface area contributed by atoms with E-state index in [1.807, 2.05) is 24.3 Å². The number of rotatable bonds is 13. The Bertz CT molecular complexity index is 1470. The van der Waals surface area contributed by atoms with Crippen molar-refractivity contribution >= 4 is 67.0 Å². The van der Waals surface area contributed by atoms with Crippen LogP contribution >= 0.6 is 32.9 Å². The first-order valence-corrected chi connectivity index (χ1v) is 15.8. The highest BCUT2D eigenvalue weighted by Crippen LogP contribution is 2.53. The van der Waals surface area contributed by atoms with Crippen LogP contribution in [0, 0.1) is 0 Å². The lowest BCUT2D eigenvalue weighted by Gasteiger charge is -2.58. The molecule has 0 spiro atoms. The zero-order valence-electron chi connectivity index (χ0n) is 23.6. The number of nitrogens with zero attached hydrogens (tertiary/aromatic N) is 3. The van der Waals surface area contributed by atoms with Gasteiger partial charge in [0.2, 0.25) is 0 Å². The van der Waals surface area contributed by atoms with Crippen molar-refractivity contribution in [3.63, 3.8) is 0 Å². The number of esters is 1. The maximum atomic E-state index is 14.1. The first kappa shape index (κ1) is 32.4. The van der Waals surface area contributed by atoms with E-state index >= 15 is 0 Å². The van der Waals surface area contributed by atoms with Gasteiger partial charge in [-0.1, -0.05) is 59.8 Å². The summed E-state index contributed by atoms with van der Waals surface area (Å²) >= 11 is 1.43. The number of hydrogen-bond acceptors (Lipinski definition) is 13. The third-order valence-corrected chi connectivity index (χ3v) is 10.5. The monoisotopic (exact) mass is 646 g/mol. The molecule has 1 aliphatic heterocycles. The van der Waals surface area contributed by atoms with E-state index in [0.717, 1.165) is 21.0 Å². The van der Waals surface area contributed by atoms with Crippen LogP contribution in [0.2, 0.25) is 0 Å². The number of para-hydroxylation sites is 1. The highest BCUT2D eigenvalue weighted by molar-refractivity contribution is 8.77. The predicted molar refractivity (Wildman–Crippen MR) is 163 cm³/mol. The van der Waals surface area contributed by atoms with E-state index in [2.05, 4.69) is 11.6 Å². The minimum Gasteiger partial charge on any atom is -0.437 e. The maximum absolute atomic E-state index is 14.1. The second kappa shape index (κ2) is 14.3. The average Bonchev–Trinajstić information content (AvgIpc) is 3.43. The second-order valence-corrected chi connectivity index (χ2v) is 12.8. The quantitative estimate of drug-likeness (QED) is 0.0942. The number of fused-ring (bicyclic) bond motifs is 1. The molecule has 0 aliphatic carbocycles. The van der Waals surface area contributed by atoms with Crippen molar-refractivity contribution in [2.45, 2.75) is 28.2 Å². The number of nitrogens with two attached hydrogens (primary N) is 1. The van der Waals surface area contributed by atoms with Crippen LogP contribution < -0.4 is 5.73 Å². The summed E-state index contributed by atoms with van der Waals surface area (Å²) < 4.78 is 21.5. The number of thiazole rings is 1. The van der Waals surface area contributed by atoms with Crippen molar-refractivity contribution in [1.29, 1.82) is 0 Å². The fourth-order valence-corrected chi connectivity index (χ4v) is 8.72. The summed E-state index contributed by atoms with van der Waals surface area (Å²) in [5.74, 6) is -2.39. The van der Waals surface area contributed by atoms with Crippen LogP contribution in [0.3, 0.4) is 0 Å². The Hall–Kier alpha value is -3.47. The molecule has 1 fully saturated rings. The smallest absolute Gasteiger partial charge is 0.420 e. The van der Waals surface area contributed by atoms with Gasteiger partial charge in [0.25, 0.3) is 11.8 Å². The largest absolute Gasteiger partial charge is 0.437 e. The van der Waals surface area contributed by atoms with E-state index in [0.29, 0.717) is 14.8 Å². The number of methoxy groups -OCH3 is 2. The molecule has 1 aliphatic rings. The number of hydrogen-bond donors (Lipinski definition) is 1. The first-order chi connectivity index (χ1) is 20.7. The summed E-state index contributed by atoms with van der Waals surface area (Å²) in [7, 11) is 5.02. The van der Waals surface area contributed by atoms with Crippen molar-refractivity contribution in [2.24, 2.45) is 5.73 Å². The lowest BCUT2D eigenvalue weighted by Crippen LogP contribution is -2.81. The van der Waals surface area contributed by atoms with Gasteiger partial charge < -0.3 is 29.6 Å². The normalized spacial score (nSPS) is 18.6. The molecule has 3 aromatic rings. The minimum atomic E-state index is -1.97. The Morgan fingerprint density at radius 3 is 2.40 bits per heavy atom. The number of aromatic nitrogens is 1. The molecule has 15 heteroatoms. The van der Waals surface area contributed by atoms with Crippen molar-refractivity contribution in [2.75, 3.05) is 34.4 Å². The highest BCUT2D eigenvalue weighted by atomic mass is 33.1. The second-order valence-electron chi connectivity index (χ2n) is 9.26. The van der Waals surface area contributed by atoms with Gasteiger partial charge in [0.05, 0.1) is 10.2 Å². The van der Waals surface area contributed by atoms with Crippen LogP contribution in [-0.2, 0) is 33.3 Å². The predicted octanol–water partition coefficient (Wildman–Crippen LogP) is 3.94. The Kier molecular flexibility index (Phi) is 10.8. The Labute approximate surface area is 259 Å². The third-order valence-electron chi connectivity index (χ3n) is 6.48. The van der Waals surface area contributed by atoms with Crippen molar-refractivity contribution in [3.8, 4) is 0 Å². The molecule has 12 nitrogen and oxygen atoms in total. The van der Waals surface area contributed by atoms with Crippen molar-refractivity contribution in [1.82, 2.24) is 14.8 Å². The first-order valence-electron chi connectivity index (χ1n) is 12.8. The SMILES string of the molecule is C=C(C)C1(N(C(=O)OCOC)C(=O)C(N)c2ccccc2)C(=O)N(CC(=O)OCOC)C1SSc1nc2ccccc2s1. The number of carbonyl (C=O) groups is 4. The number of benzene rings is 2. The van der Waals surface area contributed by atoms with Crippen LogP contribution in [0.1, 0.15) is 18.5 Å². The molecule has 1 aromatic heterocycles. The van der Waals surface area contributed by atoms with Gasteiger partial charge >= 0.3 is 12.1 Å². The van der Waals surface area contributed by atoms with E-state index < -0.39 is 54.2 Å². The van der Waals surface area contributed by atoms with Gasteiger partial charge in [-0.15, -0.1) is 11.3 Å². The fourth-order valence-electron chi connectivity index (χ4n) is 4.46. The summed E-state index contributed by atoms with van der Waals surface area (Å²) in [6, 6.07) is 14.7. The van der Waals surface area contributed by atoms with E-state index in [-0.39, 0.29) is 12.4 Å². The Morgan fingerprint density at radius 1 is 1.09 bits per heavy atom. The molecule has 3 atom stereocenters. The number of ether oxygens (including phenoxy) is 4. The van der Waals surface area contributed by atoms with Crippen LogP contribution in [0.25, 0.3) is 10.2 Å². The molecule has 2 heterocycles. The molecule has 3 unspecified atom stereocenters. The fraction of sp³-hybridized carbons (Fsp3) is 0.321. The molecule has 4 rings (SSSR count). The van der Waals surface area contributed by atoms with Crippen molar-refractivity contribution < 1.29 is 38.1 Å². The standard InChI is InChI=1S/C28H30N4O8S3/c1-17(2)28(32(27(36)40-16-38-4)23(34)22(29)18-10-6-5-7-11-18)24(35)31(14-21(33)39-15-37-3)25(28)42-43-26-30-19-12-8-9-13-20(19)41-26/h5-13,22,25H,1,14-16,29H2,2-4H3. The average molecular weight is 647 g/mol.